The van der Waals surface area contributed by atoms with Gasteiger partial charge in [0.25, 0.3) is 0 Å². The summed E-state index contributed by atoms with van der Waals surface area (Å²) in [5.41, 5.74) is 2.96. The average Bonchev–Trinajstić information content (AvgIpc) is 3.28. The van der Waals surface area contributed by atoms with Gasteiger partial charge in [-0.1, -0.05) is 60.9 Å². The Balaban J connectivity index is 1.53. The van der Waals surface area contributed by atoms with E-state index in [1.165, 1.54) is 5.56 Å². The first kappa shape index (κ1) is 17.7. The molecule has 1 atom stereocenters. The molecule has 3 aromatic rings. The molecule has 0 spiro atoms. The molecule has 5 nitrogen and oxygen atoms in total. The standard InChI is InChI=1S/C21H20ClN3O2/c1-13(2)14-6-8-15(9-7-14)20-23-21(27-24-20)16-10-19(26)25(12-16)18-5-3-4-17(22)11-18/h3-9,11,13,16H,10,12H2,1-2H3/t16-/m0/s1. The van der Waals surface area contributed by atoms with Gasteiger partial charge in [0.05, 0.1) is 5.92 Å². The molecule has 0 radical (unpaired) electrons. The Hall–Kier alpha value is -2.66. The van der Waals surface area contributed by atoms with Crippen molar-refractivity contribution in [2.24, 2.45) is 0 Å². The summed E-state index contributed by atoms with van der Waals surface area (Å²) < 4.78 is 5.47. The zero-order valence-corrected chi connectivity index (χ0v) is 16.0. The molecule has 2 heterocycles. The quantitative estimate of drug-likeness (QED) is 0.635. The largest absolute Gasteiger partial charge is 0.339 e. The fraction of sp³-hybridized carbons (Fsp3) is 0.286. The zero-order chi connectivity index (χ0) is 19.0. The van der Waals surface area contributed by atoms with Crippen LogP contribution in [0, 0.1) is 0 Å². The molecular formula is C21H20ClN3O2. The fourth-order valence-corrected chi connectivity index (χ4v) is 3.49. The summed E-state index contributed by atoms with van der Waals surface area (Å²) in [7, 11) is 0. The molecule has 6 heteroatoms. The molecule has 0 bridgehead atoms. The molecule has 0 saturated carbocycles. The molecule has 0 unspecified atom stereocenters. The lowest BCUT2D eigenvalue weighted by atomic mass is 10.0. The Bertz CT molecular complexity index is 966. The number of amides is 1. The van der Waals surface area contributed by atoms with Gasteiger partial charge < -0.3 is 9.42 Å². The average molecular weight is 382 g/mol. The number of anilines is 1. The molecular weight excluding hydrogens is 362 g/mol. The van der Waals surface area contributed by atoms with Crippen molar-refractivity contribution in [1.82, 2.24) is 10.1 Å². The number of carbonyl (C=O) groups excluding carboxylic acids is 1. The number of hydrogen-bond donors (Lipinski definition) is 0. The summed E-state index contributed by atoms with van der Waals surface area (Å²) in [6, 6.07) is 15.5. The third-order valence-electron chi connectivity index (χ3n) is 4.87. The maximum absolute atomic E-state index is 12.4. The number of nitrogens with zero attached hydrogens (tertiary/aromatic N) is 3. The van der Waals surface area contributed by atoms with Crippen molar-refractivity contribution in [1.29, 1.82) is 0 Å². The summed E-state index contributed by atoms with van der Waals surface area (Å²) >= 11 is 6.05. The van der Waals surface area contributed by atoms with Gasteiger partial charge in [-0.2, -0.15) is 4.98 Å². The van der Waals surface area contributed by atoms with E-state index in [0.717, 1.165) is 11.3 Å². The lowest BCUT2D eigenvalue weighted by molar-refractivity contribution is -0.117. The van der Waals surface area contributed by atoms with Crippen LogP contribution in [0.15, 0.2) is 53.1 Å². The van der Waals surface area contributed by atoms with Crippen LogP contribution < -0.4 is 4.90 Å². The third kappa shape index (κ3) is 3.60. The van der Waals surface area contributed by atoms with E-state index in [9.17, 15) is 4.79 Å². The van der Waals surface area contributed by atoms with Gasteiger partial charge in [0.2, 0.25) is 17.6 Å². The highest BCUT2D eigenvalue weighted by Gasteiger charge is 2.35. The van der Waals surface area contributed by atoms with Crippen molar-refractivity contribution in [2.75, 3.05) is 11.4 Å². The molecule has 1 aromatic heterocycles. The van der Waals surface area contributed by atoms with Crippen LogP contribution in [-0.2, 0) is 4.79 Å². The Morgan fingerprint density at radius 2 is 1.96 bits per heavy atom. The van der Waals surface area contributed by atoms with Crippen LogP contribution in [0.2, 0.25) is 5.02 Å². The monoisotopic (exact) mass is 381 g/mol. The number of carbonyl (C=O) groups is 1. The van der Waals surface area contributed by atoms with Crippen LogP contribution in [0.1, 0.15) is 43.6 Å². The zero-order valence-electron chi connectivity index (χ0n) is 15.2. The second-order valence-corrected chi connectivity index (χ2v) is 7.55. The number of halogens is 1. The molecule has 0 aliphatic carbocycles. The first-order chi connectivity index (χ1) is 13.0. The Kier molecular flexibility index (Phi) is 4.70. The van der Waals surface area contributed by atoms with Crippen LogP contribution in [0.25, 0.3) is 11.4 Å². The molecule has 2 aromatic carbocycles. The van der Waals surface area contributed by atoms with Gasteiger partial charge in [-0.05, 0) is 29.7 Å². The summed E-state index contributed by atoms with van der Waals surface area (Å²) in [4.78, 5) is 18.7. The molecule has 138 valence electrons. The normalized spacial score (nSPS) is 17.1. The lowest BCUT2D eigenvalue weighted by Crippen LogP contribution is -2.24. The Labute approximate surface area is 163 Å². The highest BCUT2D eigenvalue weighted by Crippen LogP contribution is 2.33. The molecule has 1 aliphatic rings. The van der Waals surface area contributed by atoms with Crippen molar-refractivity contribution >= 4 is 23.2 Å². The van der Waals surface area contributed by atoms with Crippen LogP contribution in [0.5, 0.6) is 0 Å². The predicted molar refractivity (Wildman–Crippen MR) is 105 cm³/mol. The molecule has 4 rings (SSSR count). The van der Waals surface area contributed by atoms with E-state index in [1.54, 1.807) is 17.0 Å². The van der Waals surface area contributed by atoms with Crippen LogP contribution in [0.4, 0.5) is 5.69 Å². The Morgan fingerprint density at radius 3 is 2.67 bits per heavy atom. The van der Waals surface area contributed by atoms with Crippen molar-refractivity contribution in [2.45, 2.75) is 32.1 Å². The lowest BCUT2D eigenvalue weighted by Gasteiger charge is -2.16. The maximum atomic E-state index is 12.4. The van der Waals surface area contributed by atoms with Crippen molar-refractivity contribution in [3.8, 4) is 11.4 Å². The predicted octanol–water partition coefficient (Wildman–Crippen LogP) is 5.03. The van der Waals surface area contributed by atoms with Crippen molar-refractivity contribution in [3.05, 3.63) is 65.0 Å². The van der Waals surface area contributed by atoms with Crippen LogP contribution >= 0.6 is 11.6 Å². The SMILES string of the molecule is CC(C)c1ccc(-c2noc([C@H]3CC(=O)N(c4cccc(Cl)c4)C3)n2)cc1. The van der Waals surface area contributed by atoms with Crippen LogP contribution in [0.3, 0.4) is 0 Å². The topological polar surface area (TPSA) is 59.2 Å². The van der Waals surface area contributed by atoms with Crippen molar-refractivity contribution in [3.63, 3.8) is 0 Å². The molecule has 0 N–H and O–H groups in total. The minimum absolute atomic E-state index is 0.0308. The second kappa shape index (κ2) is 7.16. The van der Waals surface area contributed by atoms with E-state index in [0.29, 0.717) is 35.6 Å². The van der Waals surface area contributed by atoms with E-state index in [1.807, 2.05) is 24.3 Å². The van der Waals surface area contributed by atoms with E-state index >= 15 is 0 Å². The molecule has 1 fully saturated rings. The molecule has 27 heavy (non-hydrogen) atoms. The smallest absolute Gasteiger partial charge is 0.232 e. The highest BCUT2D eigenvalue weighted by atomic mass is 35.5. The van der Waals surface area contributed by atoms with Gasteiger partial charge in [0.15, 0.2) is 0 Å². The summed E-state index contributed by atoms with van der Waals surface area (Å²) in [6.45, 7) is 4.82. The first-order valence-corrected chi connectivity index (χ1v) is 9.39. The number of hydrogen-bond acceptors (Lipinski definition) is 4. The van der Waals surface area contributed by atoms with Gasteiger partial charge in [-0.3, -0.25) is 4.79 Å². The van der Waals surface area contributed by atoms with E-state index in [-0.39, 0.29) is 11.8 Å². The van der Waals surface area contributed by atoms with E-state index < -0.39 is 0 Å². The van der Waals surface area contributed by atoms with E-state index in [2.05, 4.69) is 36.1 Å². The minimum Gasteiger partial charge on any atom is -0.339 e. The van der Waals surface area contributed by atoms with E-state index in [4.69, 9.17) is 16.1 Å². The van der Waals surface area contributed by atoms with Crippen molar-refractivity contribution < 1.29 is 9.32 Å². The highest BCUT2D eigenvalue weighted by molar-refractivity contribution is 6.30. The van der Waals surface area contributed by atoms with Gasteiger partial charge in [-0.15, -0.1) is 0 Å². The maximum Gasteiger partial charge on any atom is 0.232 e. The first-order valence-electron chi connectivity index (χ1n) is 9.01. The summed E-state index contributed by atoms with van der Waals surface area (Å²) in [5, 5.41) is 4.71. The minimum atomic E-state index is -0.118. The van der Waals surface area contributed by atoms with Crippen LogP contribution in [-0.4, -0.2) is 22.6 Å². The van der Waals surface area contributed by atoms with Gasteiger partial charge in [-0.25, -0.2) is 0 Å². The number of aromatic nitrogens is 2. The number of benzene rings is 2. The Morgan fingerprint density at radius 1 is 1.19 bits per heavy atom. The third-order valence-corrected chi connectivity index (χ3v) is 5.11. The van der Waals surface area contributed by atoms with Gasteiger partial charge in [0, 0.05) is 29.2 Å². The fourth-order valence-electron chi connectivity index (χ4n) is 3.30. The molecule has 1 saturated heterocycles. The van der Waals surface area contributed by atoms with Gasteiger partial charge >= 0.3 is 0 Å². The molecule has 1 amide bonds. The summed E-state index contributed by atoms with van der Waals surface area (Å²) in [5.74, 6) is 1.43. The second-order valence-electron chi connectivity index (χ2n) is 7.12. The van der Waals surface area contributed by atoms with Gasteiger partial charge in [0.1, 0.15) is 0 Å². The summed E-state index contributed by atoms with van der Waals surface area (Å²) in [6.07, 6.45) is 0.348. The molecule has 1 aliphatic heterocycles. The number of rotatable bonds is 4.